The van der Waals surface area contributed by atoms with E-state index in [0.717, 1.165) is 17.6 Å². The van der Waals surface area contributed by atoms with E-state index >= 15 is 0 Å². The zero-order valence-corrected chi connectivity index (χ0v) is 14.4. The number of hydrogen-bond donors (Lipinski definition) is 0. The minimum atomic E-state index is -0.168. The topological polar surface area (TPSA) is 65.2 Å². The van der Waals surface area contributed by atoms with E-state index in [2.05, 4.69) is 22.0 Å². The van der Waals surface area contributed by atoms with Crippen LogP contribution >= 0.6 is 0 Å². The van der Waals surface area contributed by atoms with E-state index in [-0.39, 0.29) is 17.7 Å². The van der Waals surface area contributed by atoms with Crippen LogP contribution < -0.4 is 5.56 Å². The van der Waals surface area contributed by atoms with Crippen LogP contribution in [-0.2, 0) is 11.4 Å². The van der Waals surface area contributed by atoms with Crippen LogP contribution in [0.15, 0.2) is 47.5 Å². The Kier molecular flexibility index (Phi) is 4.10. The van der Waals surface area contributed by atoms with E-state index in [1.807, 2.05) is 43.5 Å². The van der Waals surface area contributed by atoms with Crippen molar-refractivity contribution in [3.8, 4) is 5.69 Å². The molecule has 0 saturated carbocycles. The molecule has 0 aliphatic carbocycles. The van der Waals surface area contributed by atoms with Crippen LogP contribution in [0.1, 0.15) is 13.8 Å². The molecule has 0 amide bonds. The predicted molar refractivity (Wildman–Crippen MR) is 94.7 cm³/mol. The maximum absolute atomic E-state index is 12.8. The van der Waals surface area contributed by atoms with Crippen molar-refractivity contribution in [3.05, 3.63) is 53.1 Å². The molecule has 0 radical (unpaired) electrons. The molecule has 1 aromatic carbocycles. The molecule has 7 nitrogen and oxygen atoms in total. The molecule has 130 valence electrons. The lowest BCUT2D eigenvalue weighted by atomic mass is 10.2. The van der Waals surface area contributed by atoms with Crippen molar-refractivity contribution < 1.29 is 4.74 Å². The second-order valence-corrected chi connectivity index (χ2v) is 6.57. The third kappa shape index (κ3) is 3.08. The Balaban J connectivity index is 1.67. The quantitative estimate of drug-likeness (QED) is 0.726. The van der Waals surface area contributed by atoms with Gasteiger partial charge in [0.25, 0.3) is 5.56 Å². The van der Waals surface area contributed by atoms with Gasteiger partial charge in [-0.15, -0.1) is 0 Å². The Morgan fingerprint density at radius 1 is 1.24 bits per heavy atom. The molecular formula is C18H21N5O2. The first kappa shape index (κ1) is 16.0. The fourth-order valence-corrected chi connectivity index (χ4v) is 3.11. The number of para-hydroxylation sites is 1. The summed E-state index contributed by atoms with van der Waals surface area (Å²) in [6, 6.07) is 10.00. The fourth-order valence-electron chi connectivity index (χ4n) is 3.11. The molecule has 25 heavy (non-hydrogen) atoms. The van der Waals surface area contributed by atoms with Crippen molar-refractivity contribution in [2.75, 3.05) is 13.2 Å². The van der Waals surface area contributed by atoms with Gasteiger partial charge in [-0.2, -0.15) is 10.2 Å². The zero-order chi connectivity index (χ0) is 17.4. The summed E-state index contributed by atoms with van der Waals surface area (Å²) in [4.78, 5) is 15.0. The number of morpholine rings is 1. The fraction of sp³-hybridized carbons (Fsp3) is 0.389. The smallest absolute Gasteiger partial charge is 0.296 e. The molecule has 1 saturated heterocycles. The maximum Gasteiger partial charge on any atom is 0.296 e. The maximum atomic E-state index is 12.8. The monoisotopic (exact) mass is 339 g/mol. The van der Waals surface area contributed by atoms with Gasteiger partial charge in [0.1, 0.15) is 0 Å². The normalized spacial score (nSPS) is 21.7. The van der Waals surface area contributed by atoms with Gasteiger partial charge in [0.05, 0.1) is 31.3 Å². The van der Waals surface area contributed by atoms with Crippen LogP contribution in [0, 0.1) is 0 Å². The molecule has 2 aromatic heterocycles. The number of hydrogen-bond acceptors (Lipinski definition) is 5. The molecule has 0 unspecified atom stereocenters. The average molecular weight is 339 g/mol. The number of benzene rings is 1. The number of fused-ring (bicyclic) bond motifs is 1. The first-order valence-electron chi connectivity index (χ1n) is 8.48. The highest BCUT2D eigenvalue weighted by Crippen LogP contribution is 2.14. The van der Waals surface area contributed by atoms with Gasteiger partial charge in [0.15, 0.2) is 5.52 Å². The summed E-state index contributed by atoms with van der Waals surface area (Å²) < 4.78 is 8.85. The van der Waals surface area contributed by atoms with Crippen molar-refractivity contribution in [1.82, 2.24) is 24.5 Å². The first-order valence-corrected chi connectivity index (χ1v) is 8.48. The van der Waals surface area contributed by atoms with Gasteiger partial charge in [-0.1, -0.05) is 18.2 Å². The van der Waals surface area contributed by atoms with Crippen LogP contribution in [0.3, 0.4) is 0 Å². The summed E-state index contributed by atoms with van der Waals surface area (Å²) in [5, 5.41) is 9.55. The predicted octanol–water partition coefficient (Wildman–Crippen LogP) is 1.65. The lowest BCUT2D eigenvalue weighted by Crippen LogP contribution is -2.49. The SMILES string of the molecule is C[C@@H]1CO[C@@H](C)CN1Cn1ncc2cn(-c3ccccc3)nc2c1=O. The molecule has 2 atom stereocenters. The van der Waals surface area contributed by atoms with Gasteiger partial charge in [-0.05, 0) is 26.0 Å². The first-order chi connectivity index (χ1) is 12.1. The summed E-state index contributed by atoms with van der Waals surface area (Å²) >= 11 is 0. The van der Waals surface area contributed by atoms with Crippen molar-refractivity contribution in [2.45, 2.75) is 32.7 Å². The Morgan fingerprint density at radius 2 is 2.04 bits per heavy atom. The molecule has 1 aliphatic rings. The summed E-state index contributed by atoms with van der Waals surface area (Å²) in [5.74, 6) is 0. The molecule has 0 spiro atoms. The number of aromatic nitrogens is 4. The molecule has 0 bridgehead atoms. The summed E-state index contributed by atoms with van der Waals surface area (Å²) in [6.45, 7) is 6.04. The van der Waals surface area contributed by atoms with Gasteiger partial charge in [-0.25, -0.2) is 9.36 Å². The molecule has 0 N–H and O–H groups in total. The largest absolute Gasteiger partial charge is 0.376 e. The van der Waals surface area contributed by atoms with Crippen molar-refractivity contribution in [2.24, 2.45) is 0 Å². The van der Waals surface area contributed by atoms with Gasteiger partial charge in [0, 0.05) is 24.2 Å². The van der Waals surface area contributed by atoms with E-state index in [4.69, 9.17) is 4.74 Å². The van der Waals surface area contributed by atoms with Gasteiger partial charge < -0.3 is 4.74 Å². The van der Waals surface area contributed by atoms with E-state index in [1.165, 1.54) is 4.68 Å². The van der Waals surface area contributed by atoms with Gasteiger partial charge >= 0.3 is 0 Å². The molecule has 7 heteroatoms. The Bertz CT molecular complexity index is 934. The Labute approximate surface area is 145 Å². The third-order valence-electron chi connectivity index (χ3n) is 4.59. The Hall–Kier alpha value is -2.51. The van der Waals surface area contributed by atoms with E-state index in [0.29, 0.717) is 18.8 Å². The molecule has 3 heterocycles. The number of nitrogens with zero attached hydrogens (tertiary/aromatic N) is 5. The summed E-state index contributed by atoms with van der Waals surface area (Å²) in [7, 11) is 0. The molecule has 3 aromatic rings. The van der Waals surface area contributed by atoms with Gasteiger partial charge in [-0.3, -0.25) is 9.69 Å². The van der Waals surface area contributed by atoms with Crippen molar-refractivity contribution in [1.29, 1.82) is 0 Å². The highest BCUT2D eigenvalue weighted by molar-refractivity contribution is 5.76. The lowest BCUT2D eigenvalue weighted by Gasteiger charge is -2.36. The second kappa shape index (κ2) is 6.42. The van der Waals surface area contributed by atoms with Crippen LogP contribution in [0.4, 0.5) is 0 Å². The standard InChI is InChI=1S/C18H21N5O2/c1-13-11-25-14(2)9-21(13)12-23-18(24)17-15(8-19-23)10-22(20-17)16-6-4-3-5-7-16/h3-8,10,13-14H,9,11-12H2,1-2H3/t13-,14+/m1/s1. The second-order valence-electron chi connectivity index (χ2n) is 6.57. The van der Waals surface area contributed by atoms with E-state index in [9.17, 15) is 4.79 Å². The Morgan fingerprint density at radius 3 is 2.84 bits per heavy atom. The van der Waals surface area contributed by atoms with Crippen molar-refractivity contribution >= 4 is 10.9 Å². The number of ether oxygens (including phenoxy) is 1. The van der Waals surface area contributed by atoms with E-state index < -0.39 is 0 Å². The minimum Gasteiger partial charge on any atom is -0.376 e. The summed E-state index contributed by atoms with van der Waals surface area (Å²) in [5.41, 5.74) is 1.19. The van der Waals surface area contributed by atoms with E-state index in [1.54, 1.807) is 10.9 Å². The zero-order valence-electron chi connectivity index (χ0n) is 14.4. The highest BCUT2D eigenvalue weighted by atomic mass is 16.5. The summed E-state index contributed by atoms with van der Waals surface area (Å²) in [6.07, 6.45) is 3.70. The molecular weight excluding hydrogens is 318 g/mol. The third-order valence-corrected chi connectivity index (χ3v) is 4.59. The van der Waals surface area contributed by atoms with Crippen LogP contribution in [-0.4, -0.2) is 49.8 Å². The molecule has 4 rings (SSSR count). The van der Waals surface area contributed by atoms with Crippen molar-refractivity contribution in [3.63, 3.8) is 0 Å². The van der Waals surface area contributed by atoms with Crippen LogP contribution in [0.5, 0.6) is 0 Å². The van der Waals surface area contributed by atoms with Gasteiger partial charge in [0.2, 0.25) is 0 Å². The number of rotatable bonds is 3. The molecule has 1 aliphatic heterocycles. The lowest BCUT2D eigenvalue weighted by molar-refractivity contribution is -0.0627. The molecule has 1 fully saturated rings. The average Bonchev–Trinajstić information content (AvgIpc) is 3.06. The highest BCUT2D eigenvalue weighted by Gasteiger charge is 2.24. The van der Waals surface area contributed by atoms with Crippen LogP contribution in [0.2, 0.25) is 0 Å². The minimum absolute atomic E-state index is 0.160. The van der Waals surface area contributed by atoms with Crippen LogP contribution in [0.25, 0.3) is 16.6 Å².